The van der Waals surface area contributed by atoms with Crippen molar-refractivity contribution in [1.29, 1.82) is 0 Å². The Kier molecular flexibility index (Phi) is 2.06. The van der Waals surface area contributed by atoms with E-state index >= 15 is 0 Å². The molecule has 0 radical (unpaired) electrons. The number of hydrogen-bond donors (Lipinski definition) is 0. The summed E-state index contributed by atoms with van der Waals surface area (Å²) in [5, 5.41) is 0. The van der Waals surface area contributed by atoms with Gasteiger partial charge in [-0.1, -0.05) is 0 Å². The minimum absolute atomic E-state index is 0.0328. The number of allylic oxidation sites excluding steroid dienone is 1. The van der Waals surface area contributed by atoms with E-state index in [1.165, 1.54) is 0 Å². The molecule has 0 aliphatic carbocycles. The lowest BCUT2D eigenvalue weighted by molar-refractivity contribution is -0.129. The molecular weight excluding hydrogens is 182 g/mol. The molecule has 0 spiro atoms. The number of nitrogens with zero attached hydrogens (tertiary/aromatic N) is 1. The molecule has 0 N–H and O–H groups in total. The molecular formula is C10H13NO3. The minimum Gasteiger partial charge on any atom is -0.485 e. The summed E-state index contributed by atoms with van der Waals surface area (Å²) in [6.07, 6.45) is 0.939. The van der Waals surface area contributed by atoms with Crippen molar-refractivity contribution in [3.8, 4) is 0 Å². The zero-order valence-corrected chi connectivity index (χ0v) is 8.37. The first kappa shape index (κ1) is 9.24. The Balaban J connectivity index is 2.29. The summed E-state index contributed by atoms with van der Waals surface area (Å²) in [6.45, 7) is 4.09. The fraction of sp³-hybridized carbons (Fsp3) is 0.600. The number of carbonyl (C=O) groups is 2. The third-order valence-corrected chi connectivity index (χ3v) is 2.63. The van der Waals surface area contributed by atoms with Crippen molar-refractivity contribution in [3.05, 3.63) is 11.5 Å². The van der Waals surface area contributed by atoms with E-state index in [2.05, 4.69) is 0 Å². The Hall–Kier alpha value is -1.32. The number of carbonyl (C=O) groups excluding carboxylic acids is 2. The van der Waals surface area contributed by atoms with Crippen LogP contribution in [0.3, 0.4) is 0 Å². The number of Topliss-reactive ketones (excluding diaryl/α,β-unsaturated/α-hetero) is 1. The molecule has 0 saturated carbocycles. The van der Waals surface area contributed by atoms with Crippen molar-refractivity contribution < 1.29 is 14.3 Å². The zero-order valence-electron chi connectivity index (χ0n) is 8.37. The second kappa shape index (κ2) is 3.12. The average Bonchev–Trinajstić information content (AvgIpc) is 2.60. The minimum atomic E-state index is -0.432. The van der Waals surface area contributed by atoms with Gasteiger partial charge in [0.05, 0.1) is 0 Å². The van der Waals surface area contributed by atoms with Gasteiger partial charge >= 0.3 is 0 Å². The first-order valence-corrected chi connectivity index (χ1v) is 4.83. The zero-order chi connectivity index (χ0) is 10.3. The van der Waals surface area contributed by atoms with E-state index in [0.717, 1.165) is 6.42 Å². The van der Waals surface area contributed by atoms with Crippen LogP contribution in [0.25, 0.3) is 0 Å². The maximum Gasteiger partial charge on any atom is 0.227 e. The Morgan fingerprint density at radius 1 is 1.43 bits per heavy atom. The monoisotopic (exact) mass is 195 g/mol. The Morgan fingerprint density at radius 3 is 2.57 bits per heavy atom. The van der Waals surface area contributed by atoms with Crippen LogP contribution in [0.4, 0.5) is 0 Å². The Labute approximate surface area is 82.5 Å². The Morgan fingerprint density at radius 2 is 2.14 bits per heavy atom. The van der Waals surface area contributed by atoms with Crippen LogP contribution in [0.5, 0.6) is 0 Å². The molecule has 1 unspecified atom stereocenters. The molecule has 0 aromatic rings. The van der Waals surface area contributed by atoms with Gasteiger partial charge in [0, 0.05) is 13.0 Å². The molecule has 1 amide bonds. The maximum atomic E-state index is 11.7. The van der Waals surface area contributed by atoms with Crippen molar-refractivity contribution in [3.63, 3.8) is 0 Å². The lowest BCUT2D eigenvalue weighted by Gasteiger charge is -2.14. The fourth-order valence-corrected chi connectivity index (χ4v) is 1.95. The molecule has 2 aliphatic heterocycles. The predicted octanol–water partition coefficient (Wildman–Crippen LogP) is 0.828. The summed E-state index contributed by atoms with van der Waals surface area (Å²) >= 11 is 0. The number of rotatable bonds is 1. The van der Waals surface area contributed by atoms with E-state index in [1.807, 2.05) is 0 Å². The molecule has 0 aromatic heterocycles. The third kappa shape index (κ3) is 1.22. The van der Waals surface area contributed by atoms with Gasteiger partial charge in [-0.05, 0) is 20.3 Å². The van der Waals surface area contributed by atoms with Crippen molar-refractivity contribution in [2.45, 2.75) is 32.8 Å². The van der Waals surface area contributed by atoms with Crippen molar-refractivity contribution >= 4 is 11.7 Å². The third-order valence-electron chi connectivity index (χ3n) is 2.63. The molecule has 4 nitrogen and oxygen atoms in total. The highest BCUT2D eigenvalue weighted by molar-refractivity contribution is 6.03. The van der Waals surface area contributed by atoms with Gasteiger partial charge in [-0.25, -0.2) is 0 Å². The molecule has 0 bridgehead atoms. The van der Waals surface area contributed by atoms with Gasteiger partial charge in [0.15, 0.2) is 6.10 Å². The van der Waals surface area contributed by atoms with Gasteiger partial charge in [-0.15, -0.1) is 0 Å². The molecule has 2 heterocycles. The van der Waals surface area contributed by atoms with Crippen LogP contribution in [0.1, 0.15) is 26.7 Å². The lowest BCUT2D eigenvalue weighted by atomic mass is 10.2. The average molecular weight is 195 g/mol. The van der Waals surface area contributed by atoms with Crippen LogP contribution in [0.15, 0.2) is 11.5 Å². The van der Waals surface area contributed by atoms with Gasteiger partial charge in [0.1, 0.15) is 11.5 Å². The highest BCUT2D eigenvalue weighted by Crippen LogP contribution is 2.27. The van der Waals surface area contributed by atoms with Crippen LogP contribution in [0, 0.1) is 0 Å². The van der Waals surface area contributed by atoms with E-state index in [4.69, 9.17) is 4.74 Å². The summed E-state index contributed by atoms with van der Waals surface area (Å²) < 4.78 is 5.28. The van der Waals surface area contributed by atoms with Crippen LogP contribution in [-0.4, -0.2) is 29.2 Å². The number of hydrogen-bond acceptors (Lipinski definition) is 3. The largest absolute Gasteiger partial charge is 0.485 e. The quantitative estimate of drug-likeness (QED) is 0.622. The Bertz CT molecular complexity index is 332. The van der Waals surface area contributed by atoms with Gasteiger partial charge in [0.25, 0.3) is 0 Å². The normalized spacial score (nSPS) is 27.6. The SMILES string of the molecule is CC1=C(N2CCCC2=O)C(=O)C(C)O1. The molecule has 2 aliphatic rings. The second-order valence-corrected chi connectivity index (χ2v) is 3.68. The van der Waals surface area contributed by atoms with E-state index in [9.17, 15) is 9.59 Å². The molecule has 2 rings (SSSR count). The van der Waals surface area contributed by atoms with Gasteiger partial charge < -0.3 is 9.64 Å². The lowest BCUT2D eigenvalue weighted by Crippen LogP contribution is -2.29. The summed E-state index contributed by atoms with van der Waals surface area (Å²) in [7, 11) is 0. The highest BCUT2D eigenvalue weighted by Gasteiger charge is 2.37. The molecule has 1 atom stereocenters. The van der Waals surface area contributed by atoms with Crippen molar-refractivity contribution in [2.24, 2.45) is 0 Å². The van der Waals surface area contributed by atoms with Crippen LogP contribution < -0.4 is 0 Å². The standard InChI is InChI=1S/C10H13NO3/c1-6-9(10(13)7(2)14-6)11-5-3-4-8(11)12/h7H,3-5H2,1-2H3. The van der Waals surface area contributed by atoms with E-state index in [1.54, 1.807) is 18.7 Å². The van der Waals surface area contributed by atoms with E-state index in [-0.39, 0.29) is 11.7 Å². The predicted molar refractivity (Wildman–Crippen MR) is 49.2 cm³/mol. The topological polar surface area (TPSA) is 46.6 Å². The van der Waals surface area contributed by atoms with Crippen LogP contribution >= 0.6 is 0 Å². The van der Waals surface area contributed by atoms with E-state index < -0.39 is 6.10 Å². The summed E-state index contributed by atoms with van der Waals surface area (Å²) in [4.78, 5) is 24.7. The van der Waals surface area contributed by atoms with Crippen molar-refractivity contribution in [1.82, 2.24) is 4.90 Å². The maximum absolute atomic E-state index is 11.7. The molecule has 0 aromatic carbocycles. The highest BCUT2D eigenvalue weighted by atomic mass is 16.5. The van der Waals surface area contributed by atoms with Crippen LogP contribution in [0.2, 0.25) is 0 Å². The second-order valence-electron chi connectivity index (χ2n) is 3.68. The number of ether oxygens (including phenoxy) is 1. The number of amides is 1. The number of ketones is 1. The van der Waals surface area contributed by atoms with Gasteiger partial charge in [-0.2, -0.15) is 0 Å². The molecule has 76 valence electrons. The molecule has 1 saturated heterocycles. The summed E-state index contributed by atoms with van der Waals surface area (Å²) in [5.41, 5.74) is 0.472. The fourth-order valence-electron chi connectivity index (χ4n) is 1.95. The summed E-state index contributed by atoms with van der Waals surface area (Å²) in [6, 6.07) is 0. The van der Waals surface area contributed by atoms with Gasteiger partial charge in [-0.3, -0.25) is 9.59 Å². The number of likely N-dealkylation sites (tertiary alicyclic amines) is 1. The van der Waals surface area contributed by atoms with E-state index in [0.29, 0.717) is 24.4 Å². The van der Waals surface area contributed by atoms with Crippen LogP contribution in [-0.2, 0) is 14.3 Å². The first-order chi connectivity index (χ1) is 6.61. The molecule has 1 fully saturated rings. The smallest absolute Gasteiger partial charge is 0.227 e. The first-order valence-electron chi connectivity index (χ1n) is 4.83. The van der Waals surface area contributed by atoms with Crippen molar-refractivity contribution in [2.75, 3.05) is 6.54 Å². The summed E-state index contributed by atoms with van der Waals surface area (Å²) in [5.74, 6) is 0.543. The molecule has 4 heteroatoms. The van der Waals surface area contributed by atoms with Gasteiger partial charge in [0.2, 0.25) is 11.7 Å². The molecule has 14 heavy (non-hydrogen) atoms.